The van der Waals surface area contributed by atoms with Crippen molar-refractivity contribution in [3.05, 3.63) is 53.6 Å². The van der Waals surface area contributed by atoms with Crippen LogP contribution in [0.1, 0.15) is 22.3 Å². The van der Waals surface area contributed by atoms with Crippen LogP contribution in [0.4, 0.5) is 5.69 Å². The van der Waals surface area contributed by atoms with Crippen molar-refractivity contribution in [1.29, 1.82) is 0 Å². The van der Waals surface area contributed by atoms with Crippen molar-refractivity contribution < 1.29 is 23.9 Å². The van der Waals surface area contributed by atoms with Crippen LogP contribution in [0.15, 0.2) is 47.4 Å². The van der Waals surface area contributed by atoms with Gasteiger partial charge in [0.25, 0.3) is 5.91 Å². The van der Waals surface area contributed by atoms with Crippen LogP contribution in [0.3, 0.4) is 0 Å². The summed E-state index contributed by atoms with van der Waals surface area (Å²) in [4.78, 5) is 36.7. The molecule has 0 unspecified atom stereocenters. The van der Waals surface area contributed by atoms with Crippen LogP contribution in [0.25, 0.3) is 0 Å². The van der Waals surface area contributed by atoms with Gasteiger partial charge in [0.05, 0.1) is 18.4 Å². The van der Waals surface area contributed by atoms with Crippen LogP contribution in [0.5, 0.6) is 5.75 Å². The van der Waals surface area contributed by atoms with Gasteiger partial charge in [0.15, 0.2) is 6.61 Å². The average molecular weight is 400 g/mol. The zero-order valence-corrected chi connectivity index (χ0v) is 16.1. The molecule has 0 bridgehead atoms. The van der Waals surface area contributed by atoms with Gasteiger partial charge in [0.2, 0.25) is 5.91 Å². The number of ether oxygens (including phenoxy) is 2. The fraction of sp³-hybridized carbons (Fsp3) is 0.250. The molecular formula is C20H20N2O5S. The lowest BCUT2D eigenvalue weighted by Gasteiger charge is -2.10. The summed E-state index contributed by atoms with van der Waals surface area (Å²) in [6.07, 6.45) is 0.423. The van der Waals surface area contributed by atoms with Gasteiger partial charge in [0.1, 0.15) is 5.75 Å². The van der Waals surface area contributed by atoms with E-state index in [4.69, 9.17) is 9.47 Å². The Bertz CT molecular complexity index is 900. The van der Waals surface area contributed by atoms with Crippen molar-refractivity contribution in [2.24, 2.45) is 0 Å². The van der Waals surface area contributed by atoms with Crippen molar-refractivity contribution >= 4 is 35.2 Å². The average Bonchev–Trinajstić information content (AvgIpc) is 2.90. The number of benzene rings is 2. The smallest absolute Gasteiger partial charge is 0.338 e. The highest BCUT2D eigenvalue weighted by molar-refractivity contribution is 7.99. The topological polar surface area (TPSA) is 93.7 Å². The van der Waals surface area contributed by atoms with Gasteiger partial charge in [-0.15, -0.1) is 11.8 Å². The van der Waals surface area contributed by atoms with Crippen molar-refractivity contribution in [3.8, 4) is 5.75 Å². The number of hydrogen-bond donors (Lipinski definition) is 2. The summed E-state index contributed by atoms with van der Waals surface area (Å²) in [5, 5.41) is 5.46. The molecule has 0 atom stereocenters. The molecule has 1 aliphatic rings. The van der Waals surface area contributed by atoms with Crippen LogP contribution in [0.2, 0.25) is 0 Å². The maximum absolute atomic E-state index is 12.2. The third kappa shape index (κ3) is 5.26. The molecule has 146 valence electrons. The molecule has 2 amide bonds. The molecule has 1 aliphatic heterocycles. The minimum absolute atomic E-state index is 0.0892. The SMILES string of the molecule is COc1cccc(CNC(=O)COC(=O)c2ccc3c(c2)NC(=O)CCS3)c1. The lowest BCUT2D eigenvalue weighted by Crippen LogP contribution is -2.28. The minimum atomic E-state index is -0.622. The third-order valence-corrected chi connectivity index (χ3v) is 5.11. The van der Waals surface area contributed by atoms with Gasteiger partial charge in [0, 0.05) is 23.6 Å². The Labute approximate surface area is 166 Å². The Morgan fingerprint density at radius 1 is 1.21 bits per heavy atom. The number of amides is 2. The second-order valence-electron chi connectivity index (χ2n) is 6.06. The molecule has 0 fully saturated rings. The lowest BCUT2D eigenvalue weighted by atomic mass is 10.2. The van der Waals surface area contributed by atoms with E-state index in [1.807, 2.05) is 24.3 Å². The number of fused-ring (bicyclic) bond motifs is 1. The predicted octanol–water partition coefficient (Wildman–Crippen LogP) is 2.60. The van der Waals surface area contributed by atoms with Gasteiger partial charge in [-0.2, -0.15) is 0 Å². The van der Waals surface area contributed by atoms with E-state index in [1.165, 1.54) is 0 Å². The van der Waals surface area contributed by atoms with Crippen LogP contribution in [-0.2, 0) is 20.9 Å². The Hall–Kier alpha value is -3.00. The molecule has 0 saturated heterocycles. The first-order valence-electron chi connectivity index (χ1n) is 8.68. The number of hydrogen-bond acceptors (Lipinski definition) is 6. The van der Waals surface area contributed by atoms with E-state index in [0.717, 1.165) is 10.5 Å². The molecule has 7 nitrogen and oxygen atoms in total. The lowest BCUT2D eigenvalue weighted by molar-refractivity contribution is -0.124. The van der Waals surface area contributed by atoms with Gasteiger partial charge in [-0.3, -0.25) is 9.59 Å². The van der Waals surface area contributed by atoms with Crippen LogP contribution < -0.4 is 15.4 Å². The first-order valence-corrected chi connectivity index (χ1v) is 9.67. The van der Waals surface area contributed by atoms with Crippen molar-refractivity contribution in [2.75, 3.05) is 24.8 Å². The molecule has 1 heterocycles. The summed E-state index contributed by atoms with van der Waals surface area (Å²) < 4.78 is 10.2. The quantitative estimate of drug-likeness (QED) is 0.724. The molecule has 2 aromatic carbocycles. The zero-order valence-electron chi connectivity index (χ0n) is 15.3. The van der Waals surface area contributed by atoms with Gasteiger partial charge in [-0.25, -0.2) is 4.79 Å². The Balaban J connectivity index is 1.52. The summed E-state index contributed by atoms with van der Waals surface area (Å²) in [5.41, 5.74) is 1.74. The molecule has 0 saturated carbocycles. The monoisotopic (exact) mass is 400 g/mol. The largest absolute Gasteiger partial charge is 0.497 e. The van der Waals surface area contributed by atoms with Crippen LogP contribution >= 0.6 is 11.8 Å². The normalized spacial score (nSPS) is 13.0. The number of anilines is 1. The summed E-state index contributed by atoms with van der Waals surface area (Å²) in [6, 6.07) is 12.3. The van der Waals surface area contributed by atoms with Crippen molar-refractivity contribution in [1.82, 2.24) is 5.32 Å². The highest BCUT2D eigenvalue weighted by Crippen LogP contribution is 2.31. The number of carbonyl (C=O) groups is 3. The molecular weight excluding hydrogens is 380 g/mol. The summed E-state index contributed by atoms with van der Waals surface area (Å²) in [6.45, 7) is -0.0866. The summed E-state index contributed by atoms with van der Waals surface area (Å²) in [5.74, 6) is 0.272. The van der Waals surface area contributed by atoms with E-state index < -0.39 is 11.9 Å². The number of methoxy groups -OCH3 is 1. The molecule has 2 aromatic rings. The second kappa shape index (κ2) is 9.27. The number of nitrogens with one attached hydrogen (secondary N) is 2. The first kappa shape index (κ1) is 19.8. The fourth-order valence-electron chi connectivity index (χ4n) is 2.60. The molecule has 3 rings (SSSR count). The molecule has 0 radical (unpaired) electrons. The van der Waals surface area contributed by atoms with E-state index in [2.05, 4.69) is 10.6 Å². The molecule has 0 aliphatic carbocycles. The van der Waals surface area contributed by atoms with E-state index >= 15 is 0 Å². The van der Waals surface area contributed by atoms with Crippen LogP contribution in [-0.4, -0.2) is 37.3 Å². The minimum Gasteiger partial charge on any atom is -0.497 e. The second-order valence-corrected chi connectivity index (χ2v) is 7.20. The Morgan fingerprint density at radius 3 is 2.89 bits per heavy atom. The van der Waals surface area contributed by atoms with Crippen LogP contribution in [0, 0.1) is 0 Å². The zero-order chi connectivity index (χ0) is 19.9. The van der Waals surface area contributed by atoms with E-state index in [-0.39, 0.29) is 18.1 Å². The highest BCUT2D eigenvalue weighted by Gasteiger charge is 2.17. The third-order valence-electron chi connectivity index (χ3n) is 4.03. The Morgan fingerprint density at radius 2 is 2.07 bits per heavy atom. The number of esters is 1. The van der Waals surface area contributed by atoms with E-state index in [1.54, 1.807) is 37.1 Å². The van der Waals surface area contributed by atoms with Gasteiger partial charge in [-0.1, -0.05) is 12.1 Å². The molecule has 8 heteroatoms. The van der Waals surface area contributed by atoms with E-state index in [9.17, 15) is 14.4 Å². The fourth-order valence-corrected chi connectivity index (χ4v) is 3.53. The summed E-state index contributed by atoms with van der Waals surface area (Å²) >= 11 is 1.55. The van der Waals surface area contributed by atoms with Crippen molar-refractivity contribution in [2.45, 2.75) is 17.9 Å². The van der Waals surface area contributed by atoms with Gasteiger partial charge >= 0.3 is 5.97 Å². The molecule has 0 aromatic heterocycles. The number of carbonyl (C=O) groups excluding carboxylic acids is 3. The van der Waals surface area contributed by atoms with E-state index in [0.29, 0.717) is 30.2 Å². The summed E-state index contributed by atoms with van der Waals surface area (Å²) in [7, 11) is 1.57. The van der Waals surface area contributed by atoms with Gasteiger partial charge < -0.3 is 20.1 Å². The first-order chi connectivity index (χ1) is 13.5. The standard InChI is InChI=1S/C20H20N2O5S/c1-26-15-4-2-3-13(9-15)11-21-19(24)12-27-20(25)14-5-6-17-16(10-14)22-18(23)7-8-28-17/h2-6,9-10H,7-8,11-12H2,1H3,(H,21,24)(H,22,23). The molecule has 28 heavy (non-hydrogen) atoms. The predicted molar refractivity (Wildman–Crippen MR) is 106 cm³/mol. The van der Waals surface area contributed by atoms with Crippen molar-refractivity contribution in [3.63, 3.8) is 0 Å². The maximum Gasteiger partial charge on any atom is 0.338 e. The highest BCUT2D eigenvalue weighted by atomic mass is 32.2. The van der Waals surface area contributed by atoms with Gasteiger partial charge in [-0.05, 0) is 35.9 Å². The number of thioether (sulfide) groups is 1. The maximum atomic E-state index is 12.2. The molecule has 0 spiro atoms. The number of rotatable bonds is 6. The Kier molecular flexibility index (Phi) is 6.54. The molecule has 2 N–H and O–H groups in total.